The Labute approximate surface area is 133 Å². The van der Waals surface area contributed by atoms with Crippen LogP contribution in [-0.2, 0) is 6.42 Å². The Bertz CT molecular complexity index is 568. The SMILES string of the molecule is CN1CCN(c2cccc3c2CCN(C(C)(C)C)C3=O)CC1. The zero-order valence-electron chi connectivity index (χ0n) is 14.2. The molecule has 1 amide bonds. The van der Waals surface area contributed by atoms with Crippen LogP contribution in [0.4, 0.5) is 5.69 Å². The third-order valence-electron chi connectivity index (χ3n) is 4.87. The van der Waals surface area contributed by atoms with Crippen molar-refractivity contribution in [1.29, 1.82) is 0 Å². The van der Waals surface area contributed by atoms with E-state index in [0.717, 1.165) is 44.7 Å². The number of carbonyl (C=O) groups is 1. The molecule has 0 aromatic heterocycles. The third-order valence-corrected chi connectivity index (χ3v) is 4.87. The van der Waals surface area contributed by atoms with E-state index in [1.165, 1.54) is 11.3 Å². The van der Waals surface area contributed by atoms with E-state index in [1.54, 1.807) is 0 Å². The van der Waals surface area contributed by atoms with Gasteiger partial charge in [0.15, 0.2) is 0 Å². The smallest absolute Gasteiger partial charge is 0.254 e. The van der Waals surface area contributed by atoms with E-state index in [1.807, 2.05) is 17.0 Å². The largest absolute Gasteiger partial charge is 0.369 e. The number of likely N-dealkylation sites (N-methyl/N-ethyl adjacent to an activating group) is 1. The molecule has 1 aromatic carbocycles. The summed E-state index contributed by atoms with van der Waals surface area (Å²) in [4.78, 5) is 19.7. The first-order valence-corrected chi connectivity index (χ1v) is 8.25. The summed E-state index contributed by atoms with van der Waals surface area (Å²) in [6, 6.07) is 6.22. The molecule has 3 rings (SSSR count). The number of hydrogen-bond acceptors (Lipinski definition) is 3. The number of hydrogen-bond donors (Lipinski definition) is 0. The summed E-state index contributed by atoms with van der Waals surface area (Å²) in [7, 11) is 2.17. The van der Waals surface area contributed by atoms with E-state index >= 15 is 0 Å². The molecule has 1 fully saturated rings. The van der Waals surface area contributed by atoms with Crippen molar-refractivity contribution >= 4 is 11.6 Å². The summed E-state index contributed by atoms with van der Waals surface area (Å²) in [6.07, 6.45) is 0.959. The minimum absolute atomic E-state index is 0.112. The van der Waals surface area contributed by atoms with Crippen molar-refractivity contribution in [1.82, 2.24) is 9.80 Å². The quantitative estimate of drug-likeness (QED) is 0.796. The third kappa shape index (κ3) is 2.72. The molecule has 0 aliphatic carbocycles. The van der Waals surface area contributed by atoms with Gasteiger partial charge in [0.2, 0.25) is 0 Å². The van der Waals surface area contributed by atoms with Gasteiger partial charge in [-0.1, -0.05) is 6.07 Å². The van der Waals surface area contributed by atoms with E-state index in [0.29, 0.717) is 0 Å². The lowest BCUT2D eigenvalue weighted by molar-refractivity contribution is 0.0562. The van der Waals surface area contributed by atoms with Gasteiger partial charge < -0.3 is 14.7 Å². The van der Waals surface area contributed by atoms with Gasteiger partial charge in [0.1, 0.15) is 0 Å². The average molecular weight is 301 g/mol. The van der Waals surface area contributed by atoms with Gasteiger partial charge in [0.05, 0.1) is 0 Å². The van der Waals surface area contributed by atoms with E-state index in [4.69, 9.17) is 0 Å². The minimum Gasteiger partial charge on any atom is -0.369 e. The number of anilines is 1. The van der Waals surface area contributed by atoms with Crippen LogP contribution in [-0.4, -0.2) is 61.0 Å². The fourth-order valence-corrected chi connectivity index (χ4v) is 3.49. The first-order valence-electron chi connectivity index (χ1n) is 8.25. The molecule has 0 atom stereocenters. The van der Waals surface area contributed by atoms with Crippen LogP contribution in [0.2, 0.25) is 0 Å². The Balaban J connectivity index is 1.91. The predicted octanol–water partition coefficient (Wildman–Crippen LogP) is 2.24. The Morgan fingerprint density at radius 3 is 2.32 bits per heavy atom. The molecule has 2 aliphatic rings. The maximum atomic E-state index is 12.8. The molecule has 4 nitrogen and oxygen atoms in total. The molecule has 120 valence electrons. The second-order valence-corrected chi connectivity index (χ2v) is 7.47. The fourth-order valence-electron chi connectivity index (χ4n) is 3.49. The Morgan fingerprint density at radius 2 is 1.68 bits per heavy atom. The van der Waals surface area contributed by atoms with Crippen molar-refractivity contribution in [3.8, 4) is 0 Å². The second kappa shape index (κ2) is 5.58. The van der Waals surface area contributed by atoms with Gasteiger partial charge >= 0.3 is 0 Å². The molecule has 0 radical (unpaired) electrons. The number of fused-ring (bicyclic) bond motifs is 1. The van der Waals surface area contributed by atoms with Crippen LogP contribution in [0.15, 0.2) is 18.2 Å². The number of nitrogens with zero attached hydrogens (tertiary/aromatic N) is 3. The normalized spacial score (nSPS) is 20.3. The van der Waals surface area contributed by atoms with Crippen molar-refractivity contribution in [2.45, 2.75) is 32.7 Å². The molecule has 4 heteroatoms. The van der Waals surface area contributed by atoms with Gasteiger partial charge in [-0.25, -0.2) is 0 Å². The number of carbonyl (C=O) groups excluding carboxylic acids is 1. The first kappa shape index (κ1) is 15.3. The molecule has 0 unspecified atom stereocenters. The maximum Gasteiger partial charge on any atom is 0.254 e. The summed E-state index contributed by atoms with van der Waals surface area (Å²) in [5, 5.41) is 0. The molecule has 1 saturated heterocycles. The zero-order valence-corrected chi connectivity index (χ0v) is 14.2. The molecule has 0 saturated carbocycles. The van der Waals surface area contributed by atoms with Crippen LogP contribution in [0.25, 0.3) is 0 Å². The summed E-state index contributed by atoms with van der Waals surface area (Å²) >= 11 is 0. The highest BCUT2D eigenvalue weighted by atomic mass is 16.2. The molecule has 0 spiro atoms. The van der Waals surface area contributed by atoms with Crippen molar-refractivity contribution in [2.24, 2.45) is 0 Å². The van der Waals surface area contributed by atoms with Crippen LogP contribution >= 0.6 is 0 Å². The lowest BCUT2D eigenvalue weighted by Gasteiger charge is -2.41. The van der Waals surface area contributed by atoms with Gasteiger partial charge in [0.25, 0.3) is 5.91 Å². The minimum atomic E-state index is -0.112. The standard InChI is InChI=1S/C18H27N3O/c1-18(2,3)21-9-8-14-15(17(21)22)6-5-7-16(14)20-12-10-19(4)11-13-20/h5-7H,8-13H2,1-4H3. The zero-order chi connectivity index (χ0) is 15.9. The molecular formula is C18H27N3O. The van der Waals surface area contributed by atoms with Crippen molar-refractivity contribution in [3.63, 3.8) is 0 Å². The topological polar surface area (TPSA) is 26.8 Å². The van der Waals surface area contributed by atoms with E-state index in [-0.39, 0.29) is 11.4 Å². The lowest BCUT2D eigenvalue weighted by Crippen LogP contribution is -2.50. The van der Waals surface area contributed by atoms with Gasteiger partial charge in [0, 0.05) is 49.5 Å². The molecule has 1 aromatic rings. The second-order valence-electron chi connectivity index (χ2n) is 7.47. The summed E-state index contributed by atoms with van der Waals surface area (Å²) < 4.78 is 0. The molecule has 0 N–H and O–H groups in total. The summed E-state index contributed by atoms with van der Waals surface area (Å²) in [6.45, 7) is 11.4. The maximum absolute atomic E-state index is 12.8. The summed E-state index contributed by atoms with van der Waals surface area (Å²) in [5.41, 5.74) is 3.31. The average Bonchev–Trinajstić information content (AvgIpc) is 2.47. The number of piperazine rings is 1. The monoisotopic (exact) mass is 301 g/mol. The van der Waals surface area contributed by atoms with Gasteiger partial charge in [-0.05, 0) is 51.9 Å². The van der Waals surface area contributed by atoms with Gasteiger partial charge in [-0.3, -0.25) is 4.79 Å². The highest BCUT2D eigenvalue weighted by Gasteiger charge is 2.33. The molecular weight excluding hydrogens is 274 g/mol. The van der Waals surface area contributed by atoms with E-state index < -0.39 is 0 Å². The predicted molar refractivity (Wildman–Crippen MR) is 90.6 cm³/mol. The highest BCUT2D eigenvalue weighted by molar-refractivity contribution is 5.98. The fraction of sp³-hybridized carbons (Fsp3) is 0.611. The number of rotatable bonds is 1. The molecule has 0 bridgehead atoms. The van der Waals surface area contributed by atoms with Crippen LogP contribution < -0.4 is 4.90 Å². The van der Waals surface area contributed by atoms with E-state index in [9.17, 15) is 4.79 Å². The van der Waals surface area contributed by atoms with Crippen LogP contribution in [0.1, 0.15) is 36.7 Å². The molecule has 2 aliphatic heterocycles. The van der Waals surface area contributed by atoms with Crippen molar-refractivity contribution in [2.75, 3.05) is 44.7 Å². The van der Waals surface area contributed by atoms with Crippen LogP contribution in [0.5, 0.6) is 0 Å². The summed E-state index contributed by atoms with van der Waals surface area (Å²) in [5.74, 6) is 0.185. The molecule has 22 heavy (non-hydrogen) atoms. The Hall–Kier alpha value is -1.55. The van der Waals surface area contributed by atoms with Crippen molar-refractivity contribution in [3.05, 3.63) is 29.3 Å². The number of amides is 1. The number of benzene rings is 1. The van der Waals surface area contributed by atoms with Crippen LogP contribution in [0.3, 0.4) is 0 Å². The van der Waals surface area contributed by atoms with E-state index in [2.05, 4.69) is 43.7 Å². The van der Waals surface area contributed by atoms with Crippen LogP contribution in [0, 0.1) is 0 Å². The van der Waals surface area contributed by atoms with Gasteiger partial charge in [-0.15, -0.1) is 0 Å². The Kier molecular flexibility index (Phi) is 3.89. The molecule has 2 heterocycles. The van der Waals surface area contributed by atoms with Gasteiger partial charge in [-0.2, -0.15) is 0 Å². The Morgan fingerprint density at radius 1 is 1.00 bits per heavy atom. The first-order chi connectivity index (χ1) is 10.4. The lowest BCUT2D eigenvalue weighted by atomic mass is 9.92. The van der Waals surface area contributed by atoms with Crippen molar-refractivity contribution < 1.29 is 4.79 Å². The highest BCUT2D eigenvalue weighted by Crippen LogP contribution is 2.32.